The van der Waals surface area contributed by atoms with Crippen molar-refractivity contribution < 1.29 is 38.1 Å². The lowest BCUT2D eigenvalue weighted by Gasteiger charge is -2.49. The molecule has 8 nitrogen and oxygen atoms in total. The van der Waals surface area contributed by atoms with E-state index in [1.807, 2.05) is 0 Å². The Morgan fingerprint density at radius 3 is 1.24 bits per heavy atom. The molecule has 14 heteroatoms. The van der Waals surface area contributed by atoms with Crippen molar-refractivity contribution in [1.82, 2.24) is 0 Å². The summed E-state index contributed by atoms with van der Waals surface area (Å²) >= 11 is 37.4. The van der Waals surface area contributed by atoms with Gasteiger partial charge in [0.05, 0.1) is 43.3 Å². The van der Waals surface area contributed by atoms with Crippen molar-refractivity contribution in [3.63, 3.8) is 0 Å². The first-order valence-corrected chi connectivity index (χ1v) is 16.7. The topological polar surface area (TPSA) is 105 Å². The van der Waals surface area contributed by atoms with Gasteiger partial charge in [0.25, 0.3) is 0 Å². The molecule has 2 aliphatic carbocycles. The highest BCUT2D eigenvalue weighted by Gasteiger charge is 2.46. The van der Waals surface area contributed by atoms with Crippen molar-refractivity contribution in [2.24, 2.45) is 34.5 Å². The fourth-order valence-corrected chi connectivity index (χ4v) is 7.38. The van der Waals surface area contributed by atoms with Gasteiger partial charge in [0.2, 0.25) is 0 Å². The van der Waals surface area contributed by atoms with Crippen LogP contribution < -0.4 is 9.47 Å². The third-order valence-electron chi connectivity index (χ3n) is 9.53. The van der Waals surface area contributed by atoms with Crippen LogP contribution in [0.4, 0.5) is 0 Å². The zero-order valence-corrected chi connectivity index (χ0v) is 30.4. The largest absolute Gasteiger partial charge is 0.462 e. The number of esters is 4. The monoisotopic (exact) mass is 754 g/mol. The highest BCUT2D eigenvalue weighted by Crippen LogP contribution is 2.51. The molecule has 2 aromatic carbocycles. The summed E-state index contributed by atoms with van der Waals surface area (Å²) in [6.07, 6.45) is 1.67. The molecule has 46 heavy (non-hydrogen) atoms. The van der Waals surface area contributed by atoms with E-state index in [-0.39, 0.29) is 77.9 Å². The van der Waals surface area contributed by atoms with Crippen LogP contribution in [0, 0.1) is 34.5 Å². The number of carbonyl (C=O) groups excluding carboxylic acids is 4. The number of benzene rings is 2. The minimum Gasteiger partial charge on any atom is -0.462 e. The van der Waals surface area contributed by atoms with Crippen molar-refractivity contribution >= 4 is 93.5 Å². The maximum absolute atomic E-state index is 13.1. The molecule has 4 atom stereocenters. The maximum atomic E-state index is 13.1. The highest BCUT2D eigenvalue weighted by molar-refractivity contribution is 6.47. The molecule has 0 aromatic heterocycles. The molecule has 0 amide bonds. The predicted molar refractivity (Wildman–Crippen MR) is 177 cm³/mol. The number of carbonyl (C=O) groups is 4. The first-order valence-electron chi connectivity index (χ1n) is 14.4. The number of ether oxygens (including phenoxy) is 4. The second-order valence-corrected chi connectivity index (χ2v) is 15.6. The average Bonchev–Trinajstić information content (AvgIpc) is 2.98. The van der Waals surface area contributed by atoms with Crippen molar-refractivity contribution in [3.05, 3.63) is 53.4 Å². The Morgan fingerprint density at radius 2 is 0.957 bits per heavy atom. The zero-order valence-electron chi connectivity index (χ0n) is 25.8. The number of rotatable bonds is 8. The molecule has 0 saturated heterocycles. The van der Waals surface area contributed by atoms with E-state index >= 15 is 0 Å². The molecule has 4 rings (SSSR count). The van der Waals surface area contributed by atoms with Gasteiger partial charge in [-0.25, -0.2) is 19.2 Å². The Labute approximate surface area is 297 Å². The van der Waals surface area contributed by atoms with Crippen LogP contribution in [0.3, 0.4) is 0 Å². The van der Waals surface area contributed by atoms with Gasteiger partial charge in [-0.3, -0.25) is 0 Å². The van der Waals surface area contributed by atoms with Crippen LogP contribution in [0.25, 0.3) is 0 Å². The fourth-order valence-electron chi connectivity index (χ4n) is 5.94. The van der Waals surface area contributed by atoms with Gasteiger partial charge in [0, 0.05) is 0 Å². The lowest BCUT2D eigenvalue weighted by Crippen LogP contribution is -2.44. The molecule has 0 spiro atoms. The van der Waals surface area contributed by atoms with Crippen molar-refractivity contribution in [2.45, 2.75) is 54.4 Å². The Kier molecular flexibility index (Phi) is 11.1. The predicted octanol–water partition coefficient (Wildman–Crippen LogP) is 9.80. The van der Waals surface area contributed by atoms with E-state index in [9.17, 15) is 19.2 Å². The summed E-state index contributed by atoms with van der Waals surface area (Å²) in [5.41, 5.74) is -0.710. The van der Waals surface area contributed by atoms with Gasteiger partial charge >= 0.3 is 23.9 Å². The molecular weight excluding hydrogens is 725 g/mol. The van der Waals surface area contributed by atoms with Gasteiger partial charge in [-0.05, 0) is 59.5 Å². The summed E-state index contributed by atoms with van der Waals surface area (Å²) in [4.78, 5) is 52.2. The van der Waals surface area contributed by atoms with E-state index in [1.54, 1.807) is 0 Å². The Hall–Kier alpha value is -1.94. The molecule has 2 saturated carbocycles. The standard InChI is InChI=1S/C32H32Cl6O8/c1-13-15(9-31(13,3)4)11-43-27(39)21-23(37)17(33)7-19(35)25(21)45-29(41)30(42)46-26-20(36)8-18(34)24(38)22(26)28(40)44-12-16-10-32(5,6)14(16)2/h7-8,13-16H,9-12H2,1-6H3. The van der Waals surface area contributed by atoms with E-state index in [0.29, 0.717) is 0 Å². The lowest BCUT2D eigenvalue weighted by atomic mass is 9.57. The van der Waals surface area contributed by atoms with Crippen molar-refractivity contribution in [2.75, 3.05) is 13.2 Å². The minimum absolute atomic E-state index is 0.0748. The molecule has 2 aromatic rings. The van der Waals surface area contributed by atoms with Gasteiger partial charge in [0.1, 0.15) is 11.1 Å². The average molecular weight is 757 g/mol. The van der Waals surface area contributed by atoms with Gasteiger partial charge in [-0.2, -0.15) is 0 Å². The van der Waals surface area contributed by atoms with E-state index in [2.05, 4.69) is 41.5 Å². The van der Waals surface area contributed by atoms with Crippen LogP contribution in [-0.4, -0.2) is 37.1 Å². The van der Waals surface area contributed by atoms with Crippen LogP contribution in [0.1, 0.15) is 75.1 Å². The molecule has 0 radical (unpaired) electrons. The molecule has 2 fully saturated rings. The van der Waals surface area contributed by atoms with Crippen LogP contribution in [0.2, 0.25) is 30.1 Å². The summed E-state index contributed by atoms with van der Waals surface area (Å²) in [5, 5.41) is -1.49. The summed E-state index contributed by atoms with van der Waals surface area (Å²) in [5.74, 6) is -5.60. The molecule has 0 heterocycles. The summed E-state index contributed by atoms with van der Waals surface area (Å²) in [6.45, 7) is 12.7. The number of hydrogen-bond acceptors (Lipinski definition) is 8. The number of halogens is 6. The van der Waals surface area contributed by atoms with Gasteiger partial charge in [-0.1, -0.05) is 111 Å². The van der Waals surface area contributed by atoms with E-state index < -0.39 is 46.5 Å². The molecule has 0 aliphatic heterocycles. The lowest BCUT2D eigenvalue weighted by molar-refractivity contribution is -0.156. The second-order valence-electron chi connectivity index (χ2n) is 13.2. The molecule has 4 unspecified atom stereocenters. The van der Waals surface area contributed by atoms with E-state index in [4.69, 9.17) is 88.6 Å². The Bertz CT molecular complexity index is 1490. The van der Waals surface area contributed by atoms with Gasteiger partial charge < -0.3 is 18.9 Å². The quantitative estimate of drug-likeness (QED) is 0.114. The molecule has 0 N–H and O–H groups in total. The van der Waals surface area contributed by atoms with Gasteiger partial charge in [-0.15, -0.1) is 0 Å². The summed E-state index contributed by atoms with van der Waals surface area (Å²) < 4.78 is 21.3. The van der Waals surface area contributed by atoms with E-state index in [0.717, 1.165) is 25.0 Å². The second kappa shape index (κ2) is 13.9. The molecule has 250 valence electrons. The Balaban J connectivity index is 1.53. The third kappa shape index (κ3) is 7.37. The first-order chi connectivity index (χ1) is 21.3. The molecule has 2 aliphatic rings. The van der Waals surface area contributed by atoms with Crippen molar-refractivity contribution in [3.8, 4) is 11.5 Å². The maximum Gasteiger partial charge on any atom is 0.423 e. The van der Waals surface area contributed by atoms with E-state index in [1.165, 1.54) is 0 Å². The smallest absolute Gasteiger partial charge is 0.423 e. The van der Waals surface area contributed by atoms with Crippen LogP contribution >= 0.6 is 69.6 Å². The molecular formula is C32H32Cl6O8. The zero-order chi connectivity index (χ0) is 34.5. The summed E-state index contributed by atoms with van der Waals surface area (Å²) in [6, 6.07) is 2.25. The third-order valence-corrected chi connectivity index (χ3v) is 11.7. The summed E-state index contributed by atoms with van der Waals surface area (Å²) in [7, 11) is 0. The van der Waals surface area contributed by atoms with Crippen molar-refractivity contribution in [1.29, 1.82) is 0 Å². The first kappa shape index (κ1) is 36.9. The number of hydrogen-bond donors (Lipinski definition) is 0. The SMILES string of the molecule is CC1C(COC(=O)c2c(Cl)c(Cl)cc(Cl)c2OC(=O)C(=O)Oc2c(Cl)cc(Cl)c(Cl)c2C(=O)OCC2CC(C)(C)C2C)CC1(C)C. The fraction of sp³-hybridized carbons (Fsp3) is 0.500. The van der Waals surface area contributed by atoms with Crippen LogP contribution in [0.15, 0.2) is 12.1 Å². The van der Waals surface area contributed by atoms with Crippen LogP contribution in [0.5, 0.6) is 11.5 Å². The normalized spacial score (nSPS) is 22.6. The van der Waals surface area contributed by atoms with Crippen LogP contribution in [-0.2, 0) is 19.1 Å². The van der Waals surface area contributed by atoms with Gasteiger partial charge in [0.15, 0.2) is 11.5 Å². The molecule has 0 bridgehead atoms. The Morgan fingerprint density at radius 1 is 0.630 bits per heavy atom. The highest BCUT2D eigenvalue weighted by atomic mass is 35.5. The minimum atomic E-state index is -1.64.